The summed E-state index contributed by atoms with van der Waals surface area (Å²) in [6.45, 7) is 5.00. The monoisotopic (exact) mass is 372 g/mol. The van der Waals surface area contributed by atoms with Crippen molar-refractivity contribution in [2.45, 2.75) is 13.3 Å². The molecule has 2 aromatic carbocycles. The summed E-state index contributed by atoms with van der Waals surface area (Å²) in [6.07, 6.45) is 1.02. The Balaban J connectivity index is 1.61. The number of ether oxygens (including phenoxy) is 3. The zero-order valence-corrected chi connectivity index (χ0v) is 15.8. The highest BCUT2D eigenvalue weighted by Gasteiger charge is 2.12. The van der Waals surface area contributed by atoms with Crippen LogP contribution >= 0.6 is 11.3 Å². The molecule has 26 heavy (non-hydrogen) atoms. The molecule has 3 aromatic rings. The number of benzene rings is 2. The first-order valence-corrected chi connectivity index (χ1v) is 9.63. The van der Waals surface area contributed by atoms with Crippen molar-refractivity contribution in [2.75, 3.05) is 38.8 Å². The van der Waals surface area contributed by atoms with E-state index in [4.69, 9.17) is 24.9 Å². The van der Waals surface area contributed by atoms with Gasteiger partial charge in [-0.2, -0.15) is 0 Å². The number of para-hydroxylation sites is 1. The van der Waals surface area contributed by atoms with Crippen molar-refractivity contribution in [1.29, 1.82) is 0 Å². The fourth-order valence-electron chi connectivity index (χ4n) is 2.50. The Morgan fingerprint density at radius 1 is 0.962 bits per heavy atom. The summed E-state index contributed by atoms with van der Waals surface area (Å²) in [4.78, 5) is 4.71. The number of aromatic nitrogens is 1. The van der Waals surface area contributed by atoms with Crippen molar-refractivity contribution in [3.8, 4) is 16.3 Å². The van der Waals surface area contributed by atoms with Gasteiger partial charge in [-0.3, -0.25) is 0 Å². The third-order valence-electron chi connectivity index (χ3n) is 3.74. The predicted molar refractivity (Wildman–Crippen MR) is 107 cm³/mol. The number of thiazole rings is 1. The first-order chi connectivity index (χ1) is 12.8. The van der Waals surface area contributed by atoms with Crippen molar-refractivity contribution >= 4 is 27.2 Å². The van der Waals surface area contributed by atoms with Gasteiger partial charge in [0.15, 0.2) is 0 Å². The minimum Gasteiger partial charge on any atom is -0.490 e. The predicted octanol–water partition coefficient (Wildman–Crippen LogP) is 4.37. The largest absolute Gasteiger partial charge is 0.490 e. The van der Waals surface area contributed by atoms with Gasteiger partial charge in [0.2, 0.25) is 0 Å². The molecule has 0 saturated carbocycles. The van der Waals surface area contributed by atoms with E-state index in [0.717, 1.165) is 39.6 Å². The molecule has 0 amide bonds. The summed E-state index contributed by atoms with van der Waals surface area (Å²) in [5.74, 6) is 0.731. The van der Waals surface area contributed by atoms with Crippen LogP contribution in [0.15, 0.2) is 42.5 Å². The summed E-state index contributed by atoms with van der Waals surface area (Å²) < 4.78 is 18.0. The van der Waals surface area contributed by atoms with Gasteiger partial charge < -0.3 is 19.9 Å². The van der Waals surface area contributed by atoms with Crippen molar-refractivity contribution < 1.29 is 14.2 Å². The Bertz CT molecular complexity index is 802. The van der Waals surface area contributed by atoms with E-state index in [0.29, 0.717) is 32.1 Å². The van der Waals surface area contributed by atoms with Crippen LogP contribution in [0.1, 0.15) is 13.3 Å². The molecule has 0 radical (unpaired) electrons. The summed E-state index contributed by atoms with van der Waals surface area (Å²) in [7, 11) is 0. The number of hydrogen-bond donors (Lipinski definition) is 1. The lowest BCUT2D eigenvalue weighted by molar-refractivity contribution is 0.0366. The fourth-order valence-corrected chi connectivity index (χ4v) is 3.50. The molecule has 3 rings (SSSR count). The first-order valence-electron chi connectivity index (χ1n) is 8.81. The lowest BCUT2D eigenvalue weighted by Gasteiger charge is -2.11. The van der Waals surface area contributed by atoms with Gasteiger partial charge >= 0.3 is 0 Å². The van der Waals surface area contributed by atoms with Crippen LogP contribution in [0.25, 0.3) is 20.8 Å². The number of nitrogens with two attached hydrogens (primary N) is 1. The standard InChI is InChI=1S/C20H24N2O3S/c1-2-9-23-10-11-24-12-13-25-18-14-15(21)7-8-16(18)20-22-17-5-3-4-6-19(17)26-20/h3-8,14H,2,9-13,21H2,1H3. The minimum absolute atomic E-state index is 0.453. The van der Waals surface area contributed by atoms with E-state index >= 15 is 0 Å². The average Bonchev–Trinajstić information content (AvgIpc) is 3.08. The second kappa shape index (κ2) is 9.52. The van der Waals surface area contributed by atoms with Crippen LogP contribution < -0.4 is 10.5 Å². The van der Waals surface area contributed by atoms with Crippen LogP contribution in [0.3, 0.4) is 0 Å². The zero-order chi connectivity index (χ0) is 18.2. The molecule has 0 saturated heterocycles. The van der Waals surface area contributed by atoms with Gasteiger partial charge in [0.1, 0.15) is 17.4 Å². The second-order valence-corrected chi connectivity index (χ2v) is 6.85. The maximum absolute atomic E-state index is 5.93. The maximum Gasteiger partial charge on any atom is 0.131 e. The Labute approximate surface area is 157 Å². The third kappa shape index (κ3) is 4.94. The summed E-state index contributed by atoms with van der Waals surface area (Å²) in [5.41, 5.74) is 8.54. The number of hydrogen-bond acceptors (Lipinski definition) is 6. The molecular formula is C20H24N2O3S. The molecule has 0 bridgehead atoms. The van der Waals surface area contributed by atoms with Crippen LogP contribution in [0, 0.1) is 0 Å². The summed E-state index contributed by atoms with van der Waals surface area (Å²) in [5, 5.41) is 0.926. The molecular weight excluding hydrogens is 348 g/mol. The van der Waals surface area contributed by atoms with E-state index in [-0.39, 0.29) is 0 Å². The van der Waals surface area contributed by atoms with Crippen molar-refractivity contribution in [1.82, 2.24) is 4.98 Å². The van der Waals surface area contributed by atoms with Gasteiger partial charge in [0.05, 0.1) is 35.6 Å². The molecule has 0 unspecified atom stereocenters. The molecule has 0 fully saturated rings. The van der Waals surface area contributed by atoms with Crippen molar-refractivity contribution in [3.63, 3.8) is 0 Å². The molecule has 0 atom stereocenters. The van der Waals surface area contributed by atoms with Gasteiger partial charge in [-0.1, -0.05) is 19.1 Å². The van der Waals surface area contributed by atoms with Gasteiger partial charge in [0.25, 0.3) is 0 Å². The topological polar surface area (TPSA) is 66.6 Å². The Morgan fingerprint density at radius 2 is 1.73 bits per heavy atom. The van der Waals surface area contributed by atoms with Crippen LogP contribution in [-0.4, -0.2) is 38.0 Å². The van der Waals surface area contributed by atoms with Gasteiger partial charge in [-0.25, -0.2) is 4.98 Å². The molecule has 1 heterocycles. The fraction of sp³-hybridized carbons (Fsp3) is 0.350. The molecule has 1 aromatic heterocycles. The van der Waals surface area contributed by atoms with E-state index < -0.39 is 0 Å². The highest BCUT2D eigenvalue weighted by atomic mass is 32.1. The van der Waals surface area contributed by atoms with Crippen molar-refractivity contribution in [2.24, 2.45) is 0 Å². The Hall–Kier alpha value is -2.15. The lowest BCUT2D eigenvalue weighted by atomic mass is 10.2. The molecule has 138 valence electrons. The van der Waals surface area contributed by atoms with Gasteiger partial charge in [-0.15, -0.1) is 11.3 Å². The maximum atomic E-state index is 5.93. The zero-order valence-electron chi connectivity index (χ0n) is 14.9. The Kier molecular flexibility index (Phi) is 6.82. The number of nitrogens with zero attached hydrogens (tertiary/aromatic N) is 1. The van der Waals surface area contributed by atoms with Gasteiger partial charge in [-0.05, 0) is 30.7 Å². The summed E-state index contributed by atoms with van der Waals surface area (Å²) in [6, 6.07) is 13.8. The summed E-state index contributed by atoms with van der Waals surface area (Å²) >= 11 is 1.65. The average molecular weight is 372 g/mol. The number of anilines is 1. The van der Waals surface area contributed by atoms with Gasteiger partial charge in [0, 0.05) is 18.4 Å². The highest BCUT2D eigenvalue weighted by Crippen LogP contribution is 2.36. The lowest BCUT2D eigenvalue weighted by Crippen LogP contribution is -2.11. The van der Waals surface area contributed by atoms with E-state index in [1.165, 1.54) is 0 Å². The quantitative estimate of drug-likeness (QED) is 0.423. The van der Waals surface area contributed by atoms with Crippen LogP contribution in [0.2, 0.25) is 0 Å². The van der Waals surface area contributed by atoms with E-state index in [9.17, 15) is 0 Å². The number of fused-ring (bicyclic) bond motifs is 1. The third-order valence-corrected chi connectivity index (χ3v) is 4.81. The number of rotatable bonds is 10. The Morgan fingerprint density at radius 3 is 2.54 bits per heavy atom. The molecule has 0 aliphatic heterocycles. The molecule has 5 nitrogen and oxygen atoms in total. The molecule has 0 aliphatic carbocycles. The highest BCUT2D eigenvalue weighted by molar-refractivity contribution is 7.21. The molecule has 6 heteroatoms. The minimum atomic E-state index is 0.453. The van der Waals surface area contributed by atoms with E-state index in [1.807, 2.05) is 36.4 Å². The van der Waals surface area contributed by atoms with Crippen LogP contribution in [0.5, 0.6) is 5.75 Å². The van der Waals surface area contributed by atoms with Crippen LogP contribution in [-0.2, 0) is 9.47 Å². The van der Waals surface area contributed by atoms with Crippen LogP contribution in [0.4, 0.5) is 5.69 Å². The second-order valence-electron chi connectivity index (χ2n) is 5.82. The molecule has 0 spiro atoms. The SMILES string of the molecule is CCCOCCOCCOc1cc(N)ccc1-c1nc2ccccc2s1. The first kappa shape index (κ1) is 18.6. The molecule has 0 aliphatic rings. The van der Waals surface area contributed by atoms with E-state index in [2.05, 4.69) is 13.0 Å². The molecule has 2 N–H and O–H groups in total. The number of nitrogen functional groups attached to an aromatic ring is 1. The normalized spacial score (nSPS) is 11.1. The van der Waals surface area contributed by atoms with E-state index in [1.54, 1.807) is 11.3 Å². The van der Waals surface area contributed by atoms with Crippen molar-refractivity contribution in [3.05, 3.63) is 42.5 Å². The smallest absolute Gasteiger partial charge is 0.131 e.